The van der Waals surface area contributed by atoms with Crippen LogP contribution in [0.1, 0.15) is 12.5 Å². The summed E-state index contributed by atoms with van der Waals surface area (Å²) < 4.78 is 5.27. The Morgan fingerprint density at radius 2 is 2.26 bits per heavy atom. The Bertz CT molecular complexity index is 425. The van der Waals surface area contributed by atoms with Gasteiger partial charge in [0.2, 0.25) is 0 Å². The third kappa shape index (κ3) is 4.82. The molecule has 0 atom stereocenters. The zero-order valence-corrected chi connectivity index (χ0v) is 11.3. The molecule has 1 rings (SSSR count). The first kappa shape index (κ1) is 15.4. The number of nitrogens with zero attached hydrogens (tertiary/aromatic N) is 2. The maximum atomic E-state index is 10.8. The van der Waals surface area contributed by atoms with E-state index in [4.69, 9.17) is 10.6 Å². The maximum Gasteiger partial charge on any atom is 0.293 e. The van der Waals surface area contributed by atoms with Crippen LogP contribution in [0.25, 0.3) is 0 Å². The number of hydrogen-bond acceptors (Lipinski definition) is 6. The van der Waals surface area contributed by atoms with Crippen LogP contribution in [0.3, 0.4) is 0 Å². The fraction of sp³-hybridized carbons (Fsp3) is 0.500. The van der Waals surface area contributed by atoms with Crippen LogP contribution >= 0.6 is 0 Å². The van der Waals surface area contributed by atoms with Crippen LogP contribution in [0.15, 0.2) is 18.2 Å². The number of nitro benzene ring substituents is 1. The molecule has 0 saturated carbocycles. The summed E-state index contributed by atoms with van der Waals surface area (Å²) in [5.74, 6) is 5.30. The number of nitrogen functional groups attached to an aromatic ring is 1. The van der Waals surface area contributed by atoms with Crippen molar-refractivity contribution in [1.29, 1.82) is 0 Å². The predicted molar refractivity (Wildman–Crippen MR) is 73.7 cm³/mol. The van der Waals surface area contributed by atoms with E-state index in [1.54, 1.807) is 12.1 Å². The van der Waals surface area contributed by atoms with Crippen LogP contribution < -0.4 is 11.3 Å². The molecule has 1 aromatic carbocycles. The molecule has 0 unspecified atom stereocenters. The van der Waals surface area contributed by atoms with Crippen molar-refractivity contribution in [3.8, 4) is 0 Å². The van der Waals surface area contributed by atoms with Crippen molar-refractivity contribution >= 4 is 11.4 Å². The summed E-state index contributed by atoms with van der Waals surface area (Å²) in [4.78, 5) is 12.4. The number of ether oxygens (including phenoxy) is 1. The van der Waals surface area contributed by atoms with Crippen LogP contribution in [0, 0.1) is 10.1 Å². The van der Waals surface area contributed by atoms with Crippen LogP contribution in [0.4, 0.5) is 11.4 Å². The van der Waals surface area contributed by atoms with Gasteiger partial charge in [-0.15, -0.1) is 0 Å². The molecule has 0 bridgehead atoms. The van der Waals surface area contributed by atoms with E-state index in [1.807, 2.05) is 14.0 Å². The van der Waals surface area contributed by atoms with Gasteiger partial charge < -0.3 is 10.2 Å². The second-order valence-corrected chi connectivity index (χ2v) is 4.19. The van der Waals surface area contributed by atoms with Crippen molar-refractivity contribution in [2.24, 2.45) is 5.84 Å². The molecule has 0 aliphatic rings. The molecular formula is C12H20N4O3. The number of anilines is 1. The molecular weight excluding hydrogens is 248 g/mol. The van der Waals surface area contributed by atoms with Gasteiger partial charge in [-0.1, -0.05) is 6.07 Å². The third-order valence-electron chi connectivity index (χ3n) is 2.69. The highest BCUT2D eigenvalue weighted by Crippen LogP contribution is 2.24. The lowest BCUT2D eigenvalue weighted by Gasteiger charge is -2.17. The molecule has 0 aliphatic heterocycles. The number of hydrogen-bond donors (Lipinski definition) is 2. The van der Waals surface area contributed by atoms with Crippen molar-refractivity contribution in [1.82, 2.24) is 4.90 Å². The second-order valence-electron chi connectivity index (χ2n) is 4.19. The van der Waals surface area contributed by atoms with Crippen LogP contribution in [-0.2, 0) is 11.3 Å². The quantitative estimate of drug-likeness (QED) is 0.320. The summed E-state index contributed by atoms with van der Waals surface area (Å²) in [5.41, 5.74) is 3.61. The smallest absolute Gasteiger partial charge is 0.293 e. The first-order valence-electron chi connectivity index (χ1n) is 6.08. The Kier molecular flexibility index (Phi) is 6.20. The van der Waals surface area contributed by atoms with E-state index in [0.29, 0.717) is 25.4 Å². The minimum absolute atomic E-state index is 0.0248. The molecule has 0 spiro atoms. The van der Waals surface area contributed by atoms with E-state index in [9.17, 15) is 10.1 Å². The van der Waals surface area contributed by atoms with Gasteiger partial charge in [0.15, 0.2) is 0 Å². The number of likely N-dealkylation sites (N-methyl/N-ethyl adjacent to an activating group) is 1. The first-order chi connectivity index (χ1) is 9.08. The molecule has 0 fully saturated rings. The fourth-order valence-electron chi connectivity index (χ4n) is 1.71. The molecule has 0 amide bonds. The zero-order chi connectivity index (χ0) is 14.3. The van der Waals surface area contributed by atoms with E-state index >= 15 is 0 Å². The highest BCUT2D eigenvalue weighted by Gasteiger charge is 2.13. The van der Waals surface area contributed by atoms with Crippen molar-refractivity contribution in [2.45, 2.75) is 13.5 Å². The van der Waals surface area contributed by atoms with Crippen LogP contribution in [0.5, 0.6) is 0 Å². The lowest BCUT2D eigenvalue weighted by Crippen LogP contribution is -2.23. The van der Waals surface area contributed by atoms with Crippen molar-refractivity contribution in [2.75, 3.05) is 32.2 Å². The van der Waals surface area contributed by atoms with E-state index in [0.717, 1.165) is 12.1 Å². The molecule has 0 aliphatic carbocycles. The van der Waals surface area contributed by atoms with Crippen molar-refractivity contribution in [3.05, 3.63) is 33.9 Å². The van der Waals surface area contributed by atoms with Gasteiger partial charge in [0.25, 0.3) is 5.69 Å². The average Bonchev–Trinajstić information content (AvgIpc) is 2.38. The predicted octanol–water partition coefficient (Wildman–Crippen LogP) is 1.35. The Labute approximate surface area is 112 Å². The van der Waals surface area contributed by atoms with Gasteiger partial charge in [-0.25, -0.2) is 0 Å². The summed E-state index contributed by atoms with van der Waals surface area (Å²) in [7, 11) is 1.97. The average molecular weight is 268 g/mol. The van der Waals surface area contributed by atoms with Gasteiger partial charge in [0.05, 0.1) is 11.5 Å². The summed E-state index contributed by atoms with van der Waals surface area (Å²) in [5, 5.41) is 10.8. The molecule has 7 heteroatoms. The molecule has 0 heterocycles. The van der Waals surface area contributed by atoms with Gasteiger partial charge in [-0.05, 0) is 25.6 Å². The van der Waals surface area contributed by atoms with Gasteiger partial charge in [-0.2, -0.15) is 0 Å². The largest absolute Gasteiger partial charge is 0.380 e. The lowest BCUT2D eigenvalue weighted by atomic mass is 10.1. The summed E-state index contributed by atoms with van der Waals surface area (Å²) >= 11 is 0. The summed E-state index contributed by atoms with van der Waals surface area (Å²) in [6, 6.07) is 4.88. The number of nitrogens with one attached hydrogen (secondary N) is 1. The van der Waals surface area contributed by atoms with E-state index in [2.05, 4.69) is 10.3 Å². The Hall–Kier alpha value is -1.70. The Balaban J connectivity index is 2.66. The topological polar surface area (TPSA) is 93.7 Å². The number of nitro groups is 1. The molecule has 0 aromatic heterocycles. The van der Waals surface area contributed by atoms with Gasteiger partial charge in [0, 0.05) is 25.8 Å². The SMILES string of the molecule is CCOCCN(C)Cc1ccc([N+](=O)[O-])c(NN)c1. The maximum absolute atomic E-state index is 10.8. The third-order valence-corrected chi connectivity index (χ3v) is 2.69. The number of benzene rings is 1. The van der Waals surface area contributed by atoms with Gasteiger partial charge in [0.1, 0.15) is 5.69 Å². The highest BCUT2D eigenvalue weighted by atomic mass is 16.6. The fourth-order valence-corrected chi connectivity index (χ4v) is 1.71. The molecule has 106 valence electrons. The second kappa shape index (κ2) is 7.67. The van der Waals surface area contributed by atoms with Crippen molar-refractivity contribution < 1.29 is 9.66 Å². The summed E-state index contributed by atoms with van der Waals surface area (Å²) in [6.45, 7) is 4.81. The minimum atomic E-state index is -0.461. The van der Waals surface area contributed by atoms with Crippen LogP contribution in [-0.4, -0.2) is 36.6 Å². The normalized spacial score (nSPS) is 10.7. The molecule has 7 nitrogen and oxygen atoms in total. The van der Waals surface area contributed by atoms with E-state index in [1.165, 1.54) is 6.07 Å². The number of rotatable bonds is 8. The minimum Gasteiger partial charge on any atom is -0.380 e. The number of hydrazine groups is 1. The highest BCUT2D eigenvalue weighted by molar-refractivity contribution is 5.62. The lowest BCUT2D eigenvalue weighted by molar-refractivity contribution is -0.384. The molecule has 1 aromatic rings. The number of nitrogens with two attached hydrogens (primary N) is 1. The van der Waals surface area contributed by atoms with Crippen LogP contribution in [0.2, 0.25) is 0 Å². The first-order valence-corrected chi connectivity index (χ1v) is 6.08. The molecule has 3 N–H and O–H groups in total. The Morgan fingerprint density at radius 1 is 1.53 bits per heavy atom. The monoisotopic (exact) mass is 268 g/mol. The molecule has 0 saturated heterocycles. The van der Waals surface area contributed by atoms with E-state index in [-0.39, 0.29) is 5.69 Å². The Morgan fingerprint density at radius 3 is 2.84 bits per heavy atom. The van der Waals surface area contributed by atoms with Crippen molar-refractivity contribution in [3.63, 3.8) is 0 Å². The standard InChI is InChI=1S/C12H20N4O3/c1-3-19-7-6-15(2)9-10-4-5-12(16(17)18)11(8-10)14-13/h4-5,8,14H,3,6-7,9,13H2,1-2H3. The molecule has 0 radical (unpaired) electrons. The summed E-state index contributed by atoms with van der Waals surface area (Å²) in [6.07, 6.45) is 0. The van der Waals surface area contributed by atoms with E-state index < -0.39 is 4.92 Å². The van der Waals surface area contributed by atoms with Gasteiger partial charge >= 0.3 is 0 Å². The zero-order valence-electron chi connectivity index (χ0n) is 11.3. The van der Waals surface area contributed by atoms with Gasteiger partial charge in [-0.3, -0.25) is 20.9 Å². The molecule has 19 heavy (non-hydrogen) atoms.